The maximum absolute atomic E-state index is 12.3. The summed E-state index contributed by atoms with van der Waals surface area (Å²) in [5, 5.41) is 0. The third-order valence-corrected chi connectivity index (χ3v) is 3.68. The molecule has 0 saturated heterocycles. The molecule has 0 aliphatic heterocycles. The van der Waals surface area contributed by atoms with Crippen LogP contribution in [0.3, 0.4) is 0 Å². The van der Waals surface area contributed by atoms with E-state index < -0.39 is 0 Å². The largest absolute Gasteiger partial charge is 0.352 e. The lowest BCUT2D eigenvalue weighted by atomic mass is 9.97. The van der Waals surface area contributed by atoms with Gasteiger partial charge in [0.1, 0.15) is 5.82 Å². The number of aryl methyl sites for hydroxylation is 2. The topological polar surface area (TPSA) is 71.8 Å². The highest BCUT2D eigenvalue weighted by atomic mass is 16.1. The second kappa shape index (κ2) is 7.17. The molecule has 0 aliphatic carbocycles. The summed E-state index contributed by atoms with van der Waals surface area (Å²) in [7, 11) is 1.71. The van der Waals surface area contributed by atoms with Crippen LogP contribution in [0.2, 0.25) is 0 Å². The zero-order valence-corrected chi connectivity index (χ0v) is 13.6. The molecule has 1 heterocycles. The quantitative estimate of drug-likeness (QED) is 0.798. The molecule has 0 amide bonds. The van der Waals surface area contributed by atoms with E-state index in [1.54, 1.807) is 11.6 Å². The average molecular weight is 301 g/mol. The normalized spacial score (nSPS) is 10.7. The van der Waals surface area contributed by atoms with Crippen molar-refractivity contribution in [3.05, 3.63) is 39.8 Å². The number of benzene rings is 1. The van der Waals surface area contributed by atoms with Gasteiger partial charge >= 0.3 is 5.69 Å². The first kappa shape index (κ1) is 16.2. The summed E-state index contributed by atoms with van der Waals surface area (Å²) in [5.74, 6) is 0.967. The Morgan fingerprint density at radius 1 is 1.09 bits per heavy atom. The smallest absolute Gasteiger partial charge is 0.290 e. The van der Waals surface area contributed by atoms with Crippen molar-refractivity contribution in [2.24, 2.45) is 0 Å². The van der Waals surface area contributed by atoms with Crippen LogP contribution in [0.25, 0.3) is 11.4 Å². The fourth-order valence-corrected chi connectivity index (χ4v) is 2.60. The molecule has 0 spiro atoms. The molecule has 0 unspecified atom stereocenters. The van der Waals surface area contributed by atoms with Crippen LogP contribution in [-0.2, 0) is 19.4 Å². The fraction of sp³-hybridized carbons (Fsp3) is 0.438. The minimum absolute atomic E-state index is 0.292. The van der Waals surface area contributed by atoms with Crippen molar-refractivity contribution in [3.8, 4) is 11.4 Å². The SMILES string of the molecule is CCc1cccc(CC)c1-c1nc(NNC)nc(=O)n1CC. The standard InChI is InChI=1S/C16H23N5O/c1-5-11-9-8-10-12(6-2)13(11)14-18-15(20-17-4)19-16(22)21(14)7-3/h8-10,17H,5-7H2,1-4H3,(H,19,20,22). The van der Waals surface area contributed by atoms with E-state index in [1.807, 2.05) is 6.92 Å². The maximum atomic E-state index is 12.3. The van der Waals surface area contributed by atoms with Crippen LogP contribution in [0.4, 0.5) is 5.95 Å². The molecule has 118 valence electrons. The van der Waals surface area contributed by atoms with Crippen molar-refractivity contribution in [2.45, 2.75) is 40.2 Å². The molecule has 2 aromatic rings. The lowest BCUT2D eigenvalue weighted by Gasteiger charge is -2.17. The van der Waals surface area contributed by atoms with Crippen LogP contribution < -0.4 is 16.5 Å². The molecule has 2 N–H and O–H groups in total. The summed E-state index contributed by atoms with van der Waals surface area (Å²) in [6, 6.07) is 6.24. The number of nitrogens with zero attached hydrogens (tertiary/aromatic N) is 3. The third-order valence-electron chi connectivity index (χ3n) is 3.68. The maximum Gasteiger partial charge on any atom is 0.352 e. The van der Waals surface area contributed by atoms with Crippen molar-refractivity contribution in [3.63, 3.8) is 0 Å². The van der Waals surface area contributed by atoms with Gasteiger partial charge in [0, 0.05) is 19.2 Å². The number of hydrogen-bond donors (Lipinski definition) is 2. The number of aromatic nitrogens is 3. The highest BCUT2D eigenvalue weighted by Crippen LogP contribution is 2.27. The van der Waals surface area contributed by atoms with Gasteiger partial charge in [0.25, 0.3) is 0 Å². The van der Waals surface area contributed by atoms with Crippen LogP contribution in [0.5, 0.6) is 0 Å². The lowest BCUT2D eigenvalue weighted by molar-refractivity contribution is 0.682. The van der Waals surface area contributed by atoms with E-state index in [-0.39, 0.29) is 5.69 Å². The van der Waals surface area contributed by atoms with Gasteiger partial charge in [-0.05, 0) is 30.9 Å². The van der Waals surface area contributed by atoms with Crippen molar-refractivity contribution in [1.82, 2.24) is 20.0 Å². The molecule has 6 nitrogen and oxygen atoms in total. The summed E-state index contributed by atoms with van der Waals surface area (Å²) in [4.78, 5) is 20.8. The Bertz CT molecular complexity index is 686. The predicted octanol–water partition coefficient (Wildman–Crippen LogP) is 2.00. The first-order valence-electron chi connectivity index (χ1n) is 7.68. The fourth-order valence-electron chi connectivity index (χ4n) is 2.60. The molecule has 0 fully saturated rings. The average Bonchev–Trinajstić information content (AvgIpc) is 2.53. The molecule has 0 aliphatic rings. The zero-order chi connectivity index (χ0) is 16.1. The van der Waals surface area contributed by atoms with Crippen molar-refractivity contribution < 1.29 is 0 Å². The molecule has 0 saturated carbocycles. The van der Waals surface area contributed by atoms with Gasteiger partial charge in [-0.1, -0.05) is 32.0 Å². The van der Waals surface area contributed by atoms with Crippen molar-refractivity contribution in [1.29, 1.82) is 0 Å². The van der Waals surface area contributed by atoms with E-state index in [4.69, 9.17) is 0 Å². The van der Waals surface area contributed by atoms with Gasteiger partial charge in [-0.2, -0.15) is 9.97 Å². The summed E-state index contributed by atoms with van der Waals surface area (Å²) < 4.78 is 1.62. The second-order valence-electron chi connectivity index (χ2n) is 4.93. The molecule has 1 aromatic carbocycles. The van der Waals surface area contributed by atoms with Crippen LogP contribution >= 0.6 is 0 Å². The Morgan fingerprint density at radius 2 is 1.73 bits per heavy atom. The Labute approximate surface area is 130 Å². The van der Waals surface area contributed by atoms with Gasteiger partial charge in [0.15, 0.2) is 0 Å². The first-order valence-corrected chi connectivity index (χ1v) is 7.68. The van der Waals surface area contributed by atoms with Crippen LogP contribution in [-0.4, -0.2) is 21.6 Å². The van der Waals surface area contributed by atoms with Gasteiger partial charge in [0.2, 0.25) is 5.95 Å². The molecular formula is C16H23N5O. The highest BCUT2D eigenvalue weighted by molar-refractivity contribution is 5.66. The van der Waals surface area contributed by atoms with E-state index in [1.165, 1.54) is 11.1 Å². The molecular weight excluding hydrogens is 278 g/mol. The monoisotopic (exact) mass is 301 g/mol. The number of hydrogen-bond acceptors (Lipinski definition) is 5. The van der Waals surface area contributed by atoms with Crippen molar-refractivity contribution >= 4 is 5.95 Å². The van der Waals surface area contributed by atoms with Crippen molar-refractivity contribution in [2.75, 3.05) is 12.5 Å². The summed E-state index contributed by atoms with van der Waals surface area (Å²) in [6.07, 6.45) is 1.78. The van der Waals surface area contributed by atoms with E-state index in [9.17, 15) is 4.79 Å². The molecule has 1 aromatic heterocycles. The predicted molar refractivity (Wildman–Crippen MR) is 88.8 cm³/mol. The molecule has 6 heteroatoms. The highest BCUT2D eigenvalue weighted by Gasteiger charge is 2.16. The lowest BCUT2D eigenvalue weighted by Crippen LogP contribution is -2.29. The number of hydrazine groups is 1. The van der Waals surface area contributed by atoms with E-state index in [0.29, 0.717) is 18.3 Å². The third kappa shape index (κ3) is 3.01. The Kier molecular flexibility index (Phi) is 5.27. The minimum Gasteiger partial charge on any atom is -0.290 e. The summed E-state index contributed by atoms with van der Waals surface area (Å²) in [5.41, 5.74) is 8.70. The molecule has 0 radical (unpaired) electrons. The number of anilines is 1. The Hall–Kier alpha value is -2.21. The molecule has 2 rings (SSSR count). The number of nitrogens with one attached hydrogen (secondary N) is 2. The van der Waals surface area contributed by atoms with Gasteiger partial charge < -0.3 is 0 Å². The van der Waals surface area contributed by atoms with E-state index in [0.717, 1.165) is 18.4 Å². The Balaban J connectivity index is 2.78. The zero-order valence-electron chi connectivity index (χ0n) is 13.6. The molecule has 0 atom stereocenters. The minimum atomic E-state index is -0.293. The van der Waals surface area contributed by atoms with Gasteiger partial charge in [-0.25, -0.2) is 10.2 Å². The molecule has 22 heavy (non-hydrogen) atoms. The summed E-state index contributed by atoms with van der Waals surface area (Å²) >= 11 is 0. The van der Waals surface area contributed by atoms with Crippen LogP contribution in [0.15, 0.2) is 23.0 Å². The number of rotatable bonds is 6. The van der Waals surface area contributed by atoms with Crippen LogP contribution in [0, 0.1) is 0 Å². The first-order chi connectivity index (χ1) is 10.7. The van der Waals surface area contributed by atoms with E-state index >= 15 is 0 Å². The van der Waals surface area contributed by atoms with Gasteiger partial charge in [-0.3, -0.25) is 9.99 Å². The van der Waals surface area contributed by atoms with Gasteiger partial charge in [-0.15, -0.1) is 0 Å². The second-order valence-corrected chi connectivity index (χ2v) is 4.93. The Morgan fingerprint density at radius 3 is 2.23 bits per heavy atom. The molecule has 0 bridgehead atoms. The van der Waals surface area contributed by atoms with Crippen LogP contribution in [0.1, 0.15) is 31.9 Å². The van der Waals surface area contributed by atoms with Gasteiger partial charge in [0.05, 0.1) is 0 Å². The van der Waals surface area contributed by atoms with E-state index in [2.05, 4.69) is 52.9 Å². The summed E-state index contributed by atoms with van der Waals surface area (Å²) in [6.45, 7) is 6.69.